The average Bonchev–Trinajstić information content (AvgIpc) is 3.68. The molecule has 7 atom stereocenters. The number of likely N-dealkylation sites (tertiary alicyclic amines) is 2. The fourth-order valence-corrected chi connectivity index (χ4v) is 9.61. The molecule has 4 heterocycles. The van der Waals surface area contributed by atoms with Crippen molar-refractivity contribution in [2.24, 2.45) is 16.7 Å². The first-order chi connectivity index (χ1) is 28.3. The molecule has 4 fully saturated rings. The molecule has 0 unspecified atom stereocenters. The fourth-order valence-electron chi connectivity index (χ4n) is 9.61. The predicted molar refractivity (Wildman–Crippen MR) is 221 cm³/mol. The van der Waals surface area contributed by atoms with Gasteiger partial charge in [-0.3, -0.25) is 9.59 Å². The Morgan fingerprint density at radius 3 is 1.81 bits per heavy atom. The van der Waals surface area contributed by atoms with Gasteiger partial charge in [-0.2, -0.15) is 0 Å². The molecule has 14 heteroatoms. The zero-order chi connectivity index (χ0) is 41.4. The van der Waals surface area contributed by atoms with E-state index in [2.05, 4.69) is 99.8 Å². The van der Waals surface area contributed by atoms with Crippen LogP contribution in [0, 0.1) is 16.7 Å². The summed E-state index contributed by atoms with van der Waals surface area (Å²) in [7, 11) is 2.58. The largest absolute Gasteiger partial charge is 0.453 e. The van der Waals surface area contributed by atoms with E-state index in [0.29, 0.717) is 0 Å². The number of rotatable bonds is 10. The van der Waals surface area contributed by atoms with Crippen molar-refractivity contribution in [2.75, 3.05) is 20.8 Å². The van der Waals surface area contributed by atoms with Gasteiger partial charge in [-0.1, -0.05) is 76.2 Å². The van der Waals surface area contributed by atoms with Crippen molar-refractivity contribution in [3.63, 3.8) is 0 Å². The summed E-state index contributed by atoms with van der Waals surface area (Å²) in [6, 6.07) is 20.3. The summed E-state index contributed by atoms with van der Waals surface area (Å²) in [6.07, 6.45) is 5.94. The van der Waals surface area contributed by atoms with E-state index in [0.717, 1.165) is 81.7 Å². The molecule has 0 spiro atoms. The normalized spacial score (nSPS) is 25.7. The second-order valence-corrected chi connectivity index (χ2v) is 17.7. The maximum Gasteiger partial charge on any atom is 0.407 e. The fraction of sp³-hybridized carbons (Fsp3) is 0.422. The number of piperidine rings is 2. The molecule has 2 aromatic heterocycles. The molecule has 59 heavy (non-hydrogen) atoms. The van der Waals surface area contributed by atoms with Crippen LogP contribution < -0.4 is 10.6 Å². The van der Waals surface area contributed by atoms with E-state index in [1.807, 2.05) is 36.0 Å². The summed E-state index contributed by atoms with van der Waals surface area (Å²) in [5.41, 5.74) is 6.03. The SMILES string of the molecule is COC(=O)NCC(=O)N1[C@H]2C[C@@]2(C)C[C@H]1c1ncc(-c2ccc(-c3ccc4cc(-c5cnc([C@@H]6C[C@]7(C)C[C@@H]7N6C(=O)[C@@H](NC(=O)OC)C(C)C)[nH]5)ccc4c3)cc2)[nH]1. The Bertz CT molecular complexity index is 2480. The average molecular weight is 799 g/mol. The van der Waals surface area contributed by atoms with Crippen LogP contribution >= 0.6 is 0 Å². The quantitative estimate of drug-likeness (QED) is 0.116. The number of nitrogens with zero attached hydrogens (tertiary/aromatic N) is 4. The first-order valence-electron chi connectivity index (χ1n) is 20.3. The molecule has 4 N–H and O–H groups in total. The van der Waals surface area contributed by atoms with E-state index >= 15 is 0 Å². The number of hydrogen-bond donors (Lipinski definition) is 4. The molecular weight excluding hydrogens is 749 g/mol. The lowest BCUT2D eigenvalue weighted by Gasteiger charge is -2.31. The molecule has 306 valence electrons. The van der Waals surface area contributed by atoms with E-state index < -0.39 is 18.2 Å². The van der Waals surface area contributed by atoms with Crippen LogP contribution in [-0.2, 0) is 19.1 Å². The van der Waals surface area contributed by atoms with E-state index in [4.69, 9.17) is 14.7 Å². The number of imidazole rings is 2. The number of aromatic amines is 2. The highest BCUT2D eigenvalue weighted by molar-refractivity contribution is 5.91. The number of fused-ring (bicyclic) bond motifs is 3. The second kappa shape index (κ2) is 14.3. The summed E-state index contributed by atoms with van der Waals surface area (Å²) in [6.45, 7) is 8.15. The topological polar surface area (TPSA) is 175 Å². The molecule has 4 amide bonds. The van der Waals surface area contributed by atoms with Gasteiger partial charge in [-0.05, 0) is 82.0 Å². The Kier molecular flexibility index (Phi) is 9.28. The van der Waals surface area contributed by atoms with Crippen LogP contribution in [0.1, 0.15) is 77.1 Å². The number of amides is 4. The van der Waals surface area contributed by atoms with Gasteiger partial charge in [0.05, 0.1) is 50.1 Å². The van der Waals surface area contributed by atoms with Crippen LogP contribution in [0.4, 0.5) is 9.59 Å². The van der Waals surface area contributed by atoms with Gasteiger partial charge in [-0.15, -0.1) is 0 Å². The summed E-state index contributed by atoms with van der Waals surface area (Å²) in [5.74, 6) is 1.14. The molecule has 14 nitrogen and oxygen atoms in total. The minimum absolute atomic E-state index is 0.0381. The zero-order valence-corrected chi connectivity index (χ0v) is 34.2. The number of carbonyl (C=O) groups excluding carboxylic acids is 4. The predicted octanol–water partition coefficient (Wildman–Crippen LogP) is 7.13. The third-order valence-electron chi connectivity index (χ3n) is 13.3. The van der Waals surface area contributed by atoms with Crippen molar-refractivity contribution in [1.82, 2.24) is 40.4 Å². The Hall–Kier alpha value is -6.18. The minimum atomic E-state index is -0.692. The third kappa shape index (κ3) is 6.87. The first kappa shape index (κ1) is 38.3. The van der Waals surface area contributed by atoms with Crippen molar-refractivity contribution < 1.29 is 28.7 Å². The standard InChI is InChI=1S/C45H50N8O6/c1-24(2)38(51-43(57)59-6)41(55)53-34(18-45(4)20-36(45)53)40-47-22-32(50-40)30-14-13-28-15-27(11-12-29(28)16-30)25-7-9-26(10-8-25)31-21-46-39(49-31)33-17-44(3)19-35(44)52(33)37(54)23-48-42(56)58-5/h7-16,21-22,24,33-36,38H,17-20,23H2,1-6H3,(H,46,49)(H,47,50)(H,48,56)(H,51,57)/t33-,34-,35-,36-,38-,44+,45+/m0/s1. The lowest BCUT2D eigenvalue weighted by Crippen LogP contribution is -2.52. The Labute approximate surface area is 342 Å². The van der Waals surface area contributed by atoms with Crippen molar-refractivity contribution in [2.45, 2.75) is 83.6 Å². The van der Waals surface area contributed by atoms with Crippen LogP contribution in [0.25, 0.3) is 44.4 Å². The van der Waals surface area contributed by atoms with Crippen LogP contribution in [-0.4, -0.2) is 92.6 Å². The molecule has 2 aliphatic carbocycles. The van der Waals surface area contributed by atoms with Gasteiger partial charge in [0.2, 0.25) is 11.8 Å². The van der Waals surface area contributed by atoms with Gasteiger partial charge in [0, 0.05) is 17.6 Å². The van der Waals surface area contributed by atoms with E-state index in [1.165, 1.54) is 14.2 Å². The molecule has 9 rings (SSSR count). The Morgan fingerprint density at radius 2 is 1.22 bits per heavy atom. The van der Waals surface area contributed by atoms with E-state index in [1.54, 1.807) is 0 Å². The van der Waals surface area contributed by atoms with Gasteiger partial charge in [0.25, 0.3) is 0 Å². The van der Waals surface area contributed by atoms with Crippen molar-refractivity contribution in [3.8, 4) is 33.6 Å². The summed E-state index contributed by atoms with van der Waals surface area (Å²) < 4.78 is 9.47. The summed E-state index contributed by atoms with van der Waals surface area (Å²) in [4.78, 5) is 71.2. The van der Waals surface area contributed by atoms with Gasteiger partial charge in [0.1, 0.15) is 24.2 Å². The molecule has 2 saturated heterocycles. The summed E-state index contributed by atoms with van der Waals surface area (Å²) in [5, 5.41) is 7.47. The third-order valence-corrected chi connectivity index (χ3v) is 13.3. The maximum absolute atomic E-state index is 14.0. The number of hydrogen-bond acceptors (Lipinski definition) is 8. The number of H-pyrrole nitrogens is 2. The number of benzene rings is 3. The molecular formula is C45H50N8O6. The Morgan fingerprint density at radius 1 is 0.712 bits per heavy atom. The molecule has 0 radical (unpaired) electrons. The highest BCUT2D eigenvalue weighted by Gasteiger charge is 2.65. The van der Waals surface area contributed by atoms with Gasteiger partial charge < -0.3 is 39.9 Å². The highest BCUT2D eigenvalue weighted by atomic mass is 16.5. The minimum Gasteiger partial charge on any atom is -0.453 e. The monoisotopic (exact) mass is 798 g/mol. The van der Waals surface area contributed by atoms with Crippen LogP contribution in [0.15, 0.2) is 73.1 Å². The lowest BCUT2D eigenvalue weighted by atomic mass is 9.98. The highest BCUT2D eigenvalue weighted by Crippen LogP contribution is 2.64. The lowest BCUT2D eigenvalue weighted by molar-refractivity contribution is -0.136. The number of nitrogens with one attached hydrogen (secondary N) is 4. The molecule has 2 aliphatic heterocycles. The van der Waals surface area contributed by atoms with Crippen LogP contribution in [0.3, 0.4) is 0 Å². The molecule has 3 aromatic carbocycles. The van der Waals surface area contributed by atoms with Crippen molar-refractivity contribution >= 4 is 34.8 Å². The Balaban J connectivity index is 0.887. The number of ether oxygens (including phenoxy) is 2. The number of alkyl carbamates (subject to hydrolysis) is 2. The van der Waals surface area contributed by atoms with Gasteiger partial charge >= 0.3 is 12.2 Å². The summed E-state index contributed by atoms with van der Waals surface area (Å²) >= 11 is 0. The van der Waals surface area contributed by atoms with Crippen LogP contribution in [0.5, 0.6) is 0 Å². The van der Waals surface area contributed by atoms with Crippen LogP contribution in [0.2, 0.25) is 0 Å². The van der Waals surface area contributed by atoms with Crippen molar-refractivity contribution in [3.05, 3.63) is 84.7 Å². The van der Waals surface area contributed by atoms with E-state index in [-0.39, 0.29) is 59.3 Å². The molecule has 0 bridgehead atoms. The van der Waals surface area contributed by atoms with Gasteiger partial charge in [0.15, 0.2) is 0 Å². The number of methoxy groups -OCH3 is 2. The van der Waals surface area contributed by atoms with E-state index in [9.17, 15) is 19.2 Å². The number of carbonyl (C=O) groups is 4. The number of aromatic nitrogens is 4. The van der Waals surface area contributed by atoms with Crippen molar-refractivity contribution in [1.29, 1.82) is 0 Å². The second-order valence-electron chi connectivity index (χ2n) is 17.7. The molecule has 5 aromatic rings. The zero-order valence-electron chi connectivity index (χ0n) is 34.2. The molecule has 4 aliphatic rings. The smallest absolute Gasteiger partial charge is 0.407 e. The first-order valence-corrected chi connectivity index (χ1v) is 20.3. The van der Waals surface area contributed by atoms with Gasteiger partial charge in [-0.25, -0.2) is 19.6 Å². The maximum atomic E-state index is 14.0. The molecule has 2 saturated carbocycles.